The van der Waals surface area contributed by atoms with Gasteiger partial charge in [0.05, 0.1) is 5.56 Å². The summed E-state index contributed by atoms with van der Waals surface area (Å²) in [6.45, 7) is 6.17. The van der Waals surface area contributed by atoms with Crippen molar-refractivity contribution in [2.24, 2.45) is 0 Å². The van der Waals surface area contributed by atoms with Crippen LogP contribution in [0.15, 0.2) is 24.3 Å². The van der Waals surface area contributed by atoms with Crippen LogP contribution in [0.1, 0.15) is 56.8 Å². The zero-order valence-corrected chi connectivity index (χ0v) is 20.4. The summed E-state index contributed by atoms with van der Waals surface area (Å²) in [5.41, 5.74) is 0.122. The van der Waals surface area contributed by atoms with Crippen molar-refractivity contribution in [3.63, 3.8) is 0 Å². The molecule has 3 rings (SSSR count). The molecule has 6 nitrogen and oxygen atoms in total. The van der Waals surface area contributed by atoms with Gasteiger partial charge < -0.3 is 19.4 Å². The first-order chi connectivity index (χ1) is 16.1. The highest BCUT2D eigenvalue weighted by Crippen LogP contribution is 2.38. The highest BCUT2D eigenvalue weighted by molar-refractivity contribution is 5.90. The van der Waals surface area contributed by atoms with Crippen molar-refractivity contribution in [2.45, 2.75) is 76.4 Å². The highest BCUT2D eigenvalue weighted by atomic mass is 19.4. The van der Waals surface area contributed by atoms with Gasteiger partial charge in [0, 0.05) is 44.2 Å². The zero-order valence-electron chi connectivity index (χ0n) is 20.4. The molecule has 1 saturated heterocycles. The zero-order chi connectivity index (χ0) is 26.2. The molecule has 0 N–H and O–H groups in total. The van der Waals surface area contributed by atoms with Crippen molar-refractivity contribution < 1.29 is 36.3 Å². The first-order valence-corrected chi connectivity index (χ1v) is 11.6. The maximum Gasteiger partial charge on any atom is 0.471 e. The molecule has 35 heavy (non-hydrogen) atoms. The van der Waals surface area contributed by atoms with Crippen LogP contribution in [0, 0.1) is 0 Å². The second kappa shape index (κ2) is 9.91. The molecule has 1 aliphatic carbocycles. The van der Waals surface area contributed by atoms with Gasteiger partial charge in [-0.25, -0.2) is 13.6 Å². The Bertz CT molecular complexity index is 904. The third kappa shape index (κ3) is 6.83. The molecular formula is C24H32F5N3O3. The Morgan fingerprint density at radius 3 is 2.11 bits per heavy atom. The second-order valence-corrected chi connectivity index (χ2v) is 10.3. The Balaban J connectivity index is 1.92. The van der Waals surface area contributed by atoms with E-state index in [2.05, 4.69) is 0 Å². The van der Waals surface area contributed by atoms with Crippen molar-refractivity contribution >= 4 is 17.6 Å². The summed E-state index contributed by atoms with van der Waals surface area (Å²) < 4.78 is 73.8. The monoisotopic (exact) mass is 505 g/mol. The fourth-order valence-corrected chi connectivity index (χ4v) is 4.56. The van der Waals surface area contributed by atoms with Gasteiger partial charge >= 0.3 is 18.1 Å². The molecule has 0 bridgehead atoms. The van der Waals surface area contributed by atoms with Gasteiger partial charge in [-0.15, -0.1) is 0 Å². The van der Waals surface area contributed by atoms with E-state index in [-0.39, 0.29) is 24.9 Å². The first-order valence-electron chi connectivity index (χ1n) is 11.6. The van der Waals surface area contributed by atoms with Crippen LogP contribution in [0.2, 0.25) is 0 Å². The van der Waals surface area contributed by atoms with Crippen LogP contribution >= 0.6 is 0 Å². The van der Waals surface area contributed by atoms with E-state index in [0.29, 0.717) is 18.8 Å². The number of ether oxygens (including phenoxy) is 1. The predicted molar refractivity (Wildman–Crippen MR) is 120 cm³/mol. The Labute approximate surface area is 202 Å². The minimum Gasteiger partial charge on any atom is -0.456 e. The Hall–Kier alpha value is -2.43. The van der Waals surface area contributed by atoms with Gasteiger partial charge in [-0.2, -0.15) is 13.2 Å². The van der Waals surface area contributed by atoms with E-state index in [1.807, 2.05) is 4.90 Å². The number of benzene rings is 1. The molecule has 1 unspecified atom stereocenters. The lowest BCUT2D eigenvalue weighted by atomic mass is 9.90. The smallest absolute Gasteiger partial charge is 0.456 e. The average molecular weight is 506 g/mol. The highest BCUT2D eigenvalue weighted by Gasteiger charge is 2.50. The van der Waals surface area contributed by atoms with E-state index < -0.39 is 54.6 Å². The summed E-state index contributed by atoms with van der Waals surface area (Å²) in [5.74, 6) is -5.50. The van der Waals surface area contributed by atoms with Crippen LogP contribution in [-0.2, 0) is 9.53 Å². The number of halogens is 5. The van der Waals surface area contributed by atoms with Gasteiger partial charge in [0.25, 0.3) is 0 Å². The number of carbonyl (C=O) groups is 2. The number of nitrogens with zero attached hydrogens (tertiary/aromatic N) is 3. The molecular weight excluding hydrogens is 473 g/mol. The van der Waals surface area contributed by atoms with Crippen molar-refractivity contribution in [3.8, 4) is 0 Å². The number of rotatable bonds is 4. The number of carbonyl (C=O) groups excluding carboxylic acids is 2. The van der Waals surface area contributed by atoms with E-state index in [1.165, 1.54) is 12.1 Å². The fourth-order valence-electron chi connectivity index (χ4n) is 4.56. The summed E-state index contributed by atoms with van der Waals surface area (Å²) in [4.78, 5) is 29.2. The number of piperazine rings is 1. The topological polar surface area (TPSA) is 53.1 Å². The van der Waals surface area contributed by atoms with Crippen molar-refractivity contribution in [3.05, 3.63) is 29.8 Å². The molecule has 2 fully saturated rings. The van der Waals surface area contributed by atoms with Gasteiger partial charge in [-0.1, -0.05) is 0 Å². The minimum atomic E-state index is -5.14. The van der Waals surface area contributed by atoms with Crippen LogP contribution in [0.25, 0.3) is 0 Å². The molecule has 196 valence electrons. The molecule has 1 heterocycles. The third-order valence-corrected chi connectivity index (χ3v) is 6.27. The van der Waals surface area contributed by atoms with Crippen LogP contribution in [0.5, 0.6) is 0 Å². The predicted octanol–water partition coefficient (Wildman–Crippen LogP) is 4.69. The maximum absolute atomic E-state index is 13.7. The molecule has 11 heteroatoms. The molecule has 0 radical (unpaired) electrons. The lowest BCUT2D eigenvalue weighted by Crippen LogP contribution is -2.65. The Morgan fingerprint density at radius 2 is 1.60 bits per heavy atom. The van der Waals surface area contributed by atoms with E-state index in [4.69, 9.17) is 4.74 Å². The normalized spacial score (nSPS) is 22.1. The molecule has 1 saturated carbocycles. The summed E-state index contributed by atoms with van der Waals surface area (Å²) in [7, 11) is 1.74. The quantitative estimate of drug-likeness (QED) is 0.439. The summed E-state index contributed by atoms with van der Waals surface area (Å²) in [6.07, 6.45) is -7.69. The second-order valence-electron chi connectivity index (χ2n) is 10.3. The fraction of sp³-hybridized carbons (Fsp3) is 0.667. The van der Waals surface area contributed by atoms with E-state index in [0.717, 1.165) is 4.90 Å². The van der Waals surface area contributed by atoms with Gasteiger partial charge in [0.1, 0.15) is 11.8 Å². The van der Waals surface area contributed by atoms with Crippen molar-refractivity contribution in [2.75, 3.05) is 31.6 Å². The van der Waals surface area contributed by atoms with Crippen LogP contribution in [-0.4, -0.2) is 78.3 Å². The Morgan fingerprint density at radius 1 is 1.03 bits per heavy atom. The standard InChI is InChI=1S/C24H32F5N3O3/c1-22(2,3)35-20(33)16-5-7-17(8-6-16)31-14-13-30(4)15-19(31)32(21(34)24(27,28)29)18-9-11-23(25,26)12-10-18/h5-8,18-19H,9-15H2,1-4H3. The van der Waals surface area contributed by atoms with Crippen molar-refractivity contribution in [1.82, 2.24) is 9.80 Å². The molecule has 1 aromatic carbocycles. The Kier molecular flexibility index (Phi) is 7.69. The maximum atomic E-state index is 13.7. The lowest BCUT2D eigenvalue weighted by Gasteiger charge is -2.50. The number of amides is 1. The van der Waals surface area contributed by atoms with Crippen LogP contribution < -0.4 is 4.90 Å². The molecule has 1 aliphatic heterocycles. The lowest BCUT2D eigenvalue weighted by molar-refractivity contribution is -0.193. The summed E-state index contributed by atoms with van der Waals surface area (Å²) in [6, 6.07) is 5.29. The number of likely N-dealkylation sites (N-methyl/N-ethyl adjacent to an activating group) is 1. The van der Waals surface area contributed by atoms with E-state index >= 15 is 0 Å². The van der Waals surface area contributed by atoms with Crippen LogP contribution in [0.3, 0.4) is 0 Å². The van der Waals surface area contributed by atoms with Gasteiger partial charge in [0.2, 0.25) is 5.92 Å². The largest absolute Gasteiger partial charge is 0.471 e. The molecule has 1 atom stereocenters. The summed E-state index contributed by atoms with van der Waals surface area (Å²) in [5, 5.41) is 0. The number of esters is 1. The molecule has 1 amide bonds. The first kappa shape index (κ1) is 27.2. The number of anilines is 1. The van der Waals surface area contributed by atoms with Crippen molar-refractivity contribution in [1.29, 1.82) is 0 Å². The van der Waals surface area contributed by atoms with Crippen LogP contribution in [0.4, 0.5) is 27.6 Å². The number of hydrogen-bond donors (Lipinski definition) is 0. The van der Waals surface area contributed by atoms with Gasteiger partial charge in [-0.05, 0) is 64.9 Å². The van der Waals surface area contributed by atoms with Gasteiger partial charge in [0.15, 0.2) is 0 Å². The average Bonchev–Trinajstić information content (AvgIpc) is 2.73. The van der Waals surface area contributed by atoms with Gasteiger partial charge in [-0.3, -0.25) is 4.79 Å². The molecule has 1 aromatic rings. The molecule has 0 aromatic heterocycles. The minimum absolute atomic E-state index is 0.114. The summed E-state index contributed by atoms with van der Waals surface area (Å²) >= 11 is 0. The van der Waals surface area contributed by atoms with E-state index in [1.54, 1.807) is 44.9 Å². The van der Waals surface area contributed by atoms with E-state index in [9.17, 15) is 31.5 Å². The molecule has 2 aliphatic rings. The SMILES string of the molecule is CN1CCN(c2ccc(C(=O)OC(C)(C)C)cc2)C(N(C(=O)C(F)(F)F)C2CCC(F)(F)CC2)C1. The number of alkyl halides is 5. The molecule has 0 spiro atoms. The third-order valence-electron chi connectivity index (χ3n) is 6.27. The number of hydrogen-bond acceptors (Lipinski definition) is 5.